The van der Waals surface area contributed by atoms with Crippen LogP contribution in [0.1, 0.15) is 0 Å². The lowest BCUT2D eigenvalue weighted by molar-refractivity contribution is 0.670. The summed E-state index contributed by atoms with van der Waals surface area (Å²) in [5.74, 6) is 1.90. The van der Waals surface area contributed by atoms with Crippen molar-refractivity contribution in [3.8, 4) is 56.4 Å². The van der Waals surface area contributed by atoms with Crippen molar-refractivity contribution in [3.05, 3.63) is 164 Å². The van der Waals surface area contributed by atoms with E-state index in [9.17, 15) is 0 Å². The maximum Gasteiger partial charge on any atom is 0.164 e. The van der Waals surface area contributed by atoms with Gasteiger partial charge in [-0.05, 0) is 59.2 Å². The van der Waals surface area contributed by atoms with Gasteiger partial charge in [-0.25, -0.2) is 15.0 Å². The van der Waals surface area contributed by atoms with Gasteiger partial charge in [0.05, 0.1) is 0 Å². The van der Waals surface area contributed by atoms with Crippen LogP contribution in [0.3, 0.4) is 0 Å². The monoisotopic (exact) mass is 657 g/mol. The highest BCUT2D eigenvalue weighted by Gasteiger charge is 2.19. The van der Waals surface area contributed by atoms with Gasteiger partial charge in [-0.2, -0.15) is 0 Å². The minimum absolute atomic E-state index is 0.615. The van der Waals surface area contributed by atoms with Gasteiger partial charge in [-0.15, -0.1) is 11.3 Å². The van der Waals surface area contributed by atoms with E-state index >= 15 is 0 Å². The molecule has 0 spiro atoms. The van der Waals surface area contributed by atoms with Gasteiger partial charge in [0.2, 0.25) is 0 Å². The number of aromatic nitrogens is 3. The number of rotatable bonds is 5. The fraction of sp³-hybridized carbons (Fsp3) is 0. The van der Waals surface area contributed by atoms with Gasteiger partial charge in [0, 0.05) is 53.2 Å². The number of nitrogens with zero attached hydrogens (tertiary/aromatic N) is 3. The lowest BCUT2D eigenvalue weighted by Gasteiger charge is -2.10. The molecule has 3 aromatic heterocycles. The first-order valence-electron chi connectivity index (χ1n) is 16.6. The molecular weight excluding hydrogens is 631 g/mol. The van der Waals surface area contributed by atoms with Gasteiger partial charge in [0.15, 0.2) is 17.5 Å². The van der Waals surface area contributed by atoms with E-state index in [1.807, 2.05) is 48.5 Å². The first kappa shape index (κ1) is 28.6. The van der Waals surface area contributed by atoms with Crippen LogP contribution < -0.4 is 0 Å². The van der Waals surface area contributed by atoms with Gasteiger partial charge >= 0.3 is 0 Å². The maximum absolute atomic E-state index is 6.63. The molecule has 0 N–H and O–H groups in total. The first-order chi connectivity index (χ1) is 24.8. The number of hydrogen-bond donors (Lipinski definition) is 0. The Bertz CT molecular complexity index is 2860. The molecule has 0 aliphatic carbocycles. The van der Waals surface area contributed by atoms with Crippen LogP contribution in [0.4, 0.5) is 0 Å². The second-order valence-electron chi connectivity index (χ2n) is 12.4. The maximum atomic E-state index is 6.63. The van der Waals surface area contributed by atoms with Crippen LogP contribution in [0.15, 0.2) is 168 Å². The molecule has 5 heteroatoms. The second kappa shape index (κ2) is 11.6. The van der Waals surface area contributed by atoms with Crippen molar-refractivity contribution < 1.29 is 4.42 Å². The summed E-state index contributed by atoms with van der Waals surface area (Å²) in [6.07, 6.45) is 0. The molecular formula is C45H27N3OS. The molecule has 4 nitrogen and oxygen atoms in total. The Morgan fingerprint density at radius 3 is 1.78 bits per heavy atom. The quantitative estimate of drug-likeness (QED) is 0.185. The van der Waals surface area contributed by atoms with Gasteiger partial charge < -0.3 is 4.42 Å². The SMILES string of the molecule is c1ccc(-c2cc(-c3ccccc3)c3oc4ccc(-c5nc(-c6ccccc6)nc(-c6cccc7sc8ccccc8c67)n5)cc4c3c2)cc1. The van der Waals surface area contributed by atoms with Crippen LogP contribution in [0.5, 0.6) is 0 Å². The highest BCUT2D eigenvalue weighted by atomic mass is 32.1. The first-order valence-corrected chi connectivity index (χ1v) is 17.4. The van der Waals surface area contributed by atoms with E-state index < -0.39 is 0 Å². The predicted molar refractivity (Wildman–Crippen MR) is 207 cm³/mol. The van der Waals surface area contributed by atoms with E-state index in [2.05, 4.69) is 115 Å². The third-order valence-electron chi connectivity index (χ3n) is 9.33. The third kappa shape index (κ3) is 4.79. The highest BCUT2D eigenvalue weighted by molar-refractivity contribution is 7.25. The molecule has 0 unspecified atom stereocenters. The molecule has 0 radical (unpaired) electrons. The van der Waals surface area contributed by atoms with Crippen molar-refractivity contribution in [3.63, 3.8) is 0 Å². The van der Waals surface area contributed by atoms with Crippen molar-refractivity contribution in [2.75, 3.05) is 0 Å². The minimum Gasteiger partial charge on any atom is -0.455 e. The van der Waals surface area contributed by atoms with E-state index in [-0.39, 0.29) is 0 Å². The standard InChI is InChI=1S/C45H27N3OS/c1-4-13-28(14-5-1)32-26-35(29-15-6-2-7-16-29)42-37(27-32)36-25-31(23-24-38(36)49-42)44-46-43(30-17-8-3-9-18-30)47-45(48-44)34-20-12-22-40-41(34)33-19-10-11-21-39(33)50-40/h1-27H. The normalized spacial score (nSPS) is 11.6. The average Bonchev–Trinajstić information content (AvgIpc) is 3.76. The fourth-order valence-corrected chi connectivity index (χ4v) is 8.08. The summed E-state index contributed by atoms with van der Waals surface area (Å²) in [6, 6.07) is 56.8. The number of thiophene rings is 1. The molecule has 0 saturated heterocycles. The molecule has 0 atom stereocenters. The molecule has 3 heterocycles. The van der Waals surface area contributed by atoms with Crippen LogP contribution in [0.2, 0.25) is 0 Å². The molecule has 0 bridgehead atoms. The Balaban J connectivity index is 1.21. The van der Waals surface area contributed by atoms with Gasteiger partial charge in [-0.3, -0.25) is 0 Å². The van der Waals surface area contributed by atoms with E-state index in [0.29, 0.717) is 17.5 Å². The summed E-state index contributed by atoms with van der Waals surface area (Å²) >= 11 is 1.79. The molecule has 7 aromatic carbocycles. The molecule has 0 saturated carbocycles. The van der Waals surface area contributed by atoms with E-state index in [0.717, 1.165) is 60.9 Å². The number of benzene rings is 7. The van der Waals surface area contributed by atoms with Crippen LogP contribution in [0, 0.1) is 0 Å². The zero-order chi connectivity index (χ0) is 33.0. The predicted octanol–water partition coefficient (Wildman–Crippen LogP) is 12.5. The Morgan fingerprint density at radius 2 is 1.00 bits per heavy atom. The average molecular weight is 658 g/mol. The number of hydrogen-bond acceptors (Lipinski definition) is 5. The van der Waals surface area contributed by atoms with Gasteiger partial charge in [-0.1, -0.05) is 121 Å². The summed E-state index contributed by atoms with van der Waals surface area (Å²) < 4.78 is 9.09. The Morgan fingerprint density at radius 1 is 0.380 bits per heavy atom. The van der Waals surface area contributed by atoms with Gasteiger partial charge in [0.25, 0.3) is 0 Å². The lowest BCUT2D eigenvalue weighted by atomic mass is 9.95. The van der Waals surface area contributed by atoms with Crippen molar-refractivity contribution in [2.45, 2.75) is 0 Å². The minimum atomic E-state index is 0.615. The van der Waals surface area contributed by atoms with E-state index in [1.54, 1.807) is 11.3 Å². The molecule has 10 aromatic rings. The second-order valence-corrected chi connectivity index (χ2v) is 13.5. The smallest absolute Gasteiger partial charge is 0.164 e. The van der Waals surface area contributed by atoms with Crippen LogP contribution in [0.25, 0.3) is 98.5 Å². The number of furan rings is 1. The number of fused-ring (bicyclic) bond motifs is 6. The van der Waals surface area contributed by atoms with Crippen LogP contribution in [-0.4, -0.2) is 15.0 Å². The molecule has 0 aliphatic heterocycles. The topological polar surface area (TPSA) is 51.8 Å². The largest absolute Gasteiger partial charge is 0.455 e. The fourth-order valence-electron chi connectivity index (χ4n) is 6.95. The molecule has 0 amide bonds. The summed E-state index contributed by atoms with van der Waals surface area (Å²) in [7, 11) is 0. The molecule has 50 heavy (non-hydrogen) atoms. The summed E-state index contributed by atoms with van der Waals surface area (Å²) in [5, 5.41) is 4.44. The zero-order valence-corrected chi connectivity index (χ0v) is 27.6. The summed E-state index contributed by atoms with van der Waals surface area (Å²) in [5.41, 5.74) is 8.97. The highest BCUT2D eigenvalue weighted by Crippen LogP contribution is 2.42. The van der Waals surface area contributed by atoms with Crippen LogP contribution >= 0.6 is 11.3 Å². The zero-order valence-electron chi connectivity index (χ0n) is 26.7. The third-order valence-corrected chi connectivity index (χ3v) is 10.5. The molecule has 0 fully saturated rings. The van der Waals surface area contributed by atoms with E-state index in [4.69, 9.17) is 19.4 Å². The molecule has 234 valence electrons. The molecule has 10 rings (SSSR count). The van der Waals surface area contributed by atoms with Crippen molar-refractivity contribution in [1.29, 1.82) is 0 Å². The van der Waals surface area contributed by atoms with E-state index in [1.165, 1.54) is 20.2 Å². The van der Waals surface area contributed by atoms with Crippen LogP contribution in [-0.2, 0) is 0 Å². The summed E-state index contributed by atoms with van der Waals surface area (Å²) in [4.78, 5) is 15.4. The molecule has 0 aliphatic rings. The Labute approximate surface area is 292 Å². The summed E-state index contributed by atoms with van der Waals surface area (Å²) in [6.45, 7) is 0. The van der Waals surface area contributed by atoms with Gasteiger partial charge in [0.1, 0.15) is 11.2 Å². The van der Waals surface area contributed by atoms with Crippen molar-refractivity contribution in [1.82, 2.24) is 15.0 Å². The Hall–Kier alpha value is -6.43. The Kier molecular flexibility index (Phi) is 6.64. The van der Waals surface area contributed by atoms with Crippen molar-refractivity contribution >= 4 is 53.4 Å². The van der Waals surface area contributed by atoms with Crippen molar-refractivity contribution in [2.24, 2.45) is 0 Å². The lowest BCUT2D eigenvalue weighted by Crippen LogP contribution is -2.00.